The summed E-state index contributed by atoms with van der Waals surface area (Å²) in [5, 5.41) is 2.39. The fraction of sp³-hybridized carbons (Fsp3) is 0.0909. The molecule has 0 spiro atoms. The number of halogens is 3. The van der Waals surface area contributed by atoms with Crippen LogP contribution < -0.4 is 11.3 Å². The fourth-order valence-corrected chi connectivity index (χ4v) is 3.41. The predicted molar refractivity (Wildman–Crippen MR) is 72.6 cm³/mol. The van der Waals surface area contributed by atoms with E-state index in [4.69, 9.17) is 17.4 Å². The van der Waals surface area contributed by atoms with Crippen molar-refractivity contribution in [2.24, 2.45) is 5.84 Å². The SMILES string of the molecule is NNC(c1cc(Cl)ccc1F)c1sccc1Br. The van der Waals surface area contributed by atoms with Crippen molar-refractivity contribution in [1.82, 2.24) is 5.43 Å². The molecular formula is C11H9BrClFN2S. The van der Waals surface area contributed by atoms with Crippen LogP contribution in [0, 0.1) is 5.82 Å². The highest BCUT2D eigenvalue weighted by Crippen LogP contribution is 2.34. The summed E-state index contributed by atoms with van der Waals surface area (Å²) in [5.41, 5.74) is 3.04. The molecule has 1 aromatic heterocycles. The van der Waals surface area contributed by atoms with Gasteiger partial charge < -0.3 is 0 Å². The van der Waals surface area contributed by atoms with Crippen LogP contribution in [0.15, 0.2) is 34.1 Å². The maximum Gasteiger partial charge on any atom is 0.128 e. The molecule has 0 radical (unpaired) electrons. The van der Waals surface area contributed by atoms with Crippen LogP contribution in [0.2, 0.25) is 5.02 Å². The summed E-state index contributed by atoms with van der Waals surface area (Å²) in [6, 6.07) is 5.91. The van der Waals surface area contributed by atoms with Crippen LogP contribution in [0.3, 0.4) is 0 Å². The fourth-order valence-electron chi connectivity index (χ4n) is 1.55. The van der Waals surface area contributed by atoms with Crippen molar-refractivity contribution < 1.29 is 4.39 Å². The van der Waals surface area contributed by atoms with Gasteiger partial charge in [0.25, 0.3) is 0 Å². The molecular weight excluding hydrogens is 327 g/mol. The van der Waals surface area contributed by atoms with Crippen molar-refractivity contribution in [3.05, 3.63) is 55.4 Å². The second-order valence-corrected chi connectivity index (χ2v) is 5.64. The molecule has 0 aliphatic heterocycles. The van der Waals surface area contributed by atoms with Crippen molar-refractivity contribution in [2.75, 3.05) is 0 Å². The summed E-state index contributed by atoms with van der Waals surface area (Å²) < 4.78 is 14.7. The third-order valence-corrected chi connectivity index (χ3v) is 4.51. The highest BCUT2D eigenvalue weighted by molar-refractivity contribution is 9.10. The molecule has 0 saturated heterocycles. The number of hydrogen-bond donors (Lipinski definition) is 2. The van der Waals surface area contributed by atoms with Gasteiger partial charge in [0.05, 0.1) is 6.04 Å². The minimum Gasteiger partial charge on any atom is -0.271 e. The molecule has 0 saturated carbocycles. The molecule has 2 nitrogen and oxygen atoms in total. The Labute approximate surface area is 116 Å². The second-order valence-electron chi connectivity index (χ2n) is 3.40. The lowest BCUT2D eigenvalue weighted by molar-refractivity contribution is 0.563. The summed E-state index contributed by atoms with van der Waals surface area (Å²) in [6.45, 7) is 0. The third kappa shape index (κ3) is 2.69. The van der Waals surface area contributed by atoms with Crippen molar-refractivity contribution in [1.29, 1.82) is 0 Å². The molecule has 3 N–H and O–H groups in total. The molecule has 0 aliphatic rings. The zero-order chi connectivity index (χ0) is 12.4. The Morgan fingerprint density at radius 2 is 2.18 bits per heavy atom. The molecule has 2 rings (SSSR count). The molecule has 90 valence electrons. The number of rotatable bonds is 3. The number of thiophene rings is 1. The van der Waals surface area contributed by atoms with Gasteiger partial charge in [-0.3, -0.25) is 5.84 Å². The van der Waals surface area contributed by atoms with Crippen LogP contribution in [0.25, 0.3) is 0 Å². The van der Waals surface area contributed by atoms with E-state index in [9.17, 15) is 4.39 Å². The van der Waals surface area contributed by atoms with Crippen LogP contribution >= 0.6 is 38.9 Å². The predicted octanol–water partition coefficient (Wildman–Crippen LogP) is 3.86. The van der Waals surface area contributed by atoms with Crippen LogP contribution in [0.1, 0.15) is 16.5 Å². The molecule has 0 aliphatic carbocycles. The quantitative estimate of drug-likeness (QED) is 0.660. The van der Waals surface area contributed by atoms with Gasteiger partial charge in [0.15, 0.2) is 0 Å². The first-order valence-electron chi connectivity index (χ1n) is 4.77. The molecule has 1 aromatic carbocycles. The average molecular weight is 336 g/mol. The van der Waals surface area contributed by atoms with E-state index < -0.39 is 6.04 Å². The Morgan fingerprint density at radius 1 is 1.41 bits per heavy atom. The van der Waals surface area contributed by atoms with Gasteiger partial charge in [0.2, 0.25) is 0 Å². The second kappa shape index (κ2) is 5.46. The van der Waals surface area contributed by atoms with Crippen molar-refractivity contribution in [3.63, 3.8) is 0 Å². The van der Waals surface area contributed by atoms with Crippen LogP contribution in [0.4, 0.5) is 4.39 Å². The van der Waals surface area contributed by atoms with Gasteiger partial charge in [-0.15, -0.1) is 11.3 Å². The van der Waals surface area contributed by atoms with Gasteiger partial charge in [-0.2, -0.15) is 0 Å². The van der Waals surface area contributed by atoms with Crippen molar-refractivity contribution >= 4 is 38.9 Å². The zero-order valence-corrected chi connectivity index (χ0v) is 11.7. The lowest BCUT2D eigenvalue weighted by Crippen LogP contribution is -2.29. The van der Waals surface area contributed by atoms with E-state index in [2.05, 4.69) is 21.4 Å². The largest absolute Gasteiger partial charge is 0.271 e. The van der Waals surface area contributed by atoms with Gasteiger partial charge in [0, 0.05) is 19.9 Å². The Morgan fingerprint density at radius 3 is 2.76 bits per heavy atom. The summed E-state index contributed by atoms with van der Waals surface area (Å²) in [6.07, 6.45) is 0. The average Bonchev–Trinajstić information content (AvgIpc) is 2.71. The molecule has 0 amide bonds. The van der Waals surface area contributed by atoms with E-state index in [-0.39, 0.29) is 5.82 Å². The molecule has 17 heavy (non-hydrogen) atoms. The topological polar surface area (TPSA) is 38.0 Å². The van der Waals surface area contributed by atoms with E-state index in [1.165, 1.54) is 23.5 Å². The van der Waals surface area contributed by atoms with Crippen LogP contribution in [0.5, 0.6) is 0 Å². The van der Waals surface area contributed by atoms with E-state index in [1.807, 2.05) is 11.4 Å². The first-order chi connectivity index (χ1) is 8.13. The molecule has 1 unspecified atom stereocenters. The number of nitrogens with two attached hydrogens (primary N) is 1. The number of benzene rings is 1. The summed E-state index contributed by atoms with van der Waals surface area (Å²) in [4.78, 5) is 0.911. The molecule has 1 heterocycles. The minimum atomic E-state index is -0.414. The van der Waals surface area contributed by atoms with Crippen molar-refractivity contribution in [2.45, 2.75) is 6.04 Å². The van der Waals surface area contributed by atoms with Crippen LogP contribution in [-0.4, -0.2) is 0 Å². The maximum atomic E-state index is 13.8. The summed E-state index contributed by atoms with van der Waals surface area (Å²) in [5.74, 6) is 5.17. The highest BCUT2D eigenvalue weighted by Gasteiger charge is 2.20. The smallest absolute Gasteiger partial charge is 0.128 e. The Hall–Kier alpha value is -0.460. The Kier molecular flexibility index (Phi) is 4.17. The number of hydrogen-bond acceptors (Lipinski definition) is 3. The number of hydrazine groups is 1. The van der Waals surface area contributed by atoms with E-state index in [1.54, 1.807) is 6.07 Å². The number of nitrogens with one attached hydrogen (secondary N) is 1. The molecule has 1 atom stereocenters. The third-order valence-electron chi connectivity index (χ3n) is 2.34. The lowest BCUT2D eigenvalue weighted by Gasteiger charge is -2.16. The van der Waals surface area contributed by atoms with Gasteiger partial charge >= 0.3 is 0 Å². The van der Waals surface area contributed by atoms with Gasteiger partial charge in [-0.1, -0.05) is 11.6 Å². The lowest BCUT2D eigenvalue weighted by atomic mass is 10.1. The monoisotopic (exact) mass is 334 g/mol. The van der Waals surface area contributed by atoms with Gasteiger partial charge in [-0.25, -0.2) is 9.82 Å². The van der Waals surface area contributed by atoms with E-state index >= 15 is 0 Å². The van der Waals surface area contributed by atoms with Gasteiger partial charge in [0.1, 0.15) is 5.82 Å². The van der Waals surface area contributed by atoms with Crippen molar-refractivity contribution in [3.8, 4) is 0 Å². The standard InChI is InChI=1S/C11H9BrClFN2S/c12-8-3-4-17-11(8)10(16-15)7-5-6(13)1-2-9(7)14/h1-5,10,16H,15H2. The zero-order valence-electron chi connectivity index (χ0n) is 8.58. The van der Waals surface area contributed by atoms with Crippen LogP contribution in [-0.2, 0) is 0 Å². The maximum absolute atomic E-state index is 13.8. The summed E-state index contributed by atoms with van der Waals surface area (Å²) >= 11 is 10.8. The molecule has 0 bridgehead atoms. The molecule has 0 fully saturated rings. The first-order valence-corrected chi connectivity index (χ1v) is 6.82. The molecule has 2 aromatic rings. The normalized spacial score (nSPS) is 12.7. The van der Waals surface area contributed by atoms with E-state index in [0.717, 1.165) is 9.35 Å². The van der Waals surface area contributed by atoms with E-state index in [0.29, 0.717) is 10.6 Å². The van der Waals surface area contributed by atoms with Gasteiger partial charge in [-0.05, 0) is 45.6 Å². The summed E-state index contributed by atoms with van der Waals surface area (Å²) in [7, 11) is 0. The first kappa shape index (κ1) is 13.0. The highest BCUT2D eigenvalue weighted by atomic mass is 79.9. The Balaban J connectivity index is 2.49. The minimum absolute atomic E-state index is 0.336. The molecule has 6 heteroatoms. The Bertz CT molecular complexity index is 532.